The van der Waals surface area contributed by atoms with Crippen LogP contribution >= 0.6 is 0 Å². The molecule has 0 saturated carbocycles. The van der Waals surface area contributed by atoms with Gasteiger partial charge in [0.05, 0.1) is 11.8 Å². The van der Waals surface area contributed by atoms with Crippen molar-refractivity contribution in [3.05, 3.63) is 11.5 Å². The van der Waals surface area contributed by atoms with Gasteiger partial charge in [-0.15, -0.1) is 0 Å². The van der Waals surface area contributed by atoms with E-state index in [1.54, 1.807) is 0 Å². The van der Waals surface area contributed by atoms with E-state index in [0.717, 1.165) is 60.9 Å². The summed E-state index contributed by atoms with van der Waals surface area (Å²) in [6.45, 7) is 8.46. The summed E-state index contributed by atoms with van der Waals surface area (Å²) in [4.78, 5) is 9.06. The number of aromatic nitrogens is 4. The minimum atomic E-state index is 0.291. The van der Waals surface area contributed by atoms with Crippen molar-refractivity contribution in [1.29, 1.82) is 0 Å². The predicted molar refractivity (Wildman–Crippen MR) is 77.9 cm³/mol. The highest BCUT2D eigenvalue weighted by atomic mass is 16.5. The number of ether oxygens (including phenoxy) is 1. The normalized spacial score (nSPS) is 18.9. The van der Waals surface area contributed by atoms with Crippen molar-refractivity contribution >= 4 is 16.9 Å². The van der Waals surface area contributed by atoms with Gasteiger partial charge in [0.2, 0.25) is 0 Å². The van der Waals surface area contributed by atoms with Gasteiger partial charge in [0.15, 0.2) is 5.82 Å². The summed E-state index contributed by atoms with van der Waals surface area (Å²) < 4.78 is 7.61. The number of anilines is 1. The highest BCUT2D eigenvalue weighted by Crippen LogP contribution is 2.23. The first-order valence-electron chi connectivity index (χ1n) is 7.26. The maximum absolute atomic E-state index is 5.65. The topological polar surface area (TPSA) is 64.9 Å². The third-order valence-corrected chi connectivity index (χ3v) is 3.69. The van der Waals surface area contributed by atoms with Crippen molar-refractivity contribution < 1.29 is 4.74 Å². The summed E-state index contributed by atoms with van der Waals surface area (Å²) in [6, 6.07) is 0. The van der Waals surface area contributed by atoms with Gasteiger partial charge in [-0.1, -0.05) is 0 Å². The molecule has 0 spiro atoms. The van der Waals surface area contributed by atoms with E-state index in [9.17, 15) is 0 Å². The zero-order valence-corrected chi connectivity index (χ0v) is 12.3. The molecule has 1 aliphatic rings. The van der Waals surface area contributed by atoms with Gasteiger partial charge in [-0.2, -0.15) is 5.10 Å². The zero-order chi connectivity index (χ0) is 14.1. The second-order valence-electron chi connectivity index (χ2n) is 5.23. The molecule has 2 aromatic rings. The highest BCUT2D eigenvalue weighted by molar-refractivity contribution is 5.87. The molecule has 3 heterocycles. The molecule has 6 heteroatoms. The van der Waals surface area contributed by atoms with Crippen LogP contribution < -0.4 is 5.32 Å². The molecule has 0 amide bonds. The van der Waals surface area contributed by atoms with Crippen LogP contribution in [-0.4, -0.2) is 39.0 Å². The average molecular weight is 275 g/mol. The lowest BCUT2D eigenvalue weighted by Crippen LogP contribution is -2.19. The van der Waals surface area contributed by atoms with Crippen molar-refractivity contribution in [3.63, 3.8) is 0 Å². The molecule has 1 saturated heterocycles. The Hall–Kier alpha value is -1.69. The molecule has 1 atom stereocenters. The summed E-state index contributed by atoms with van der Waals surface area (Å²) in [5.41, 5.74) is 2.88. The lowest BCUT2D eigenvalue weighted by molar-refractivity contribution is 0.120. The fraction of sp³-hybridized carbons (Fsp3) is 0.643. The number of nitrogens with one attached hydrogen (secondary N) is 1. The number of fused-ring (bicyclic) bond motifs is 1. The number of hydrogen-bond acceptors (Lipinski definition) is 5. The molecule has 6 nitrogen and oxygen atoms in total. The molecule has 0 aliphatic carbocycles. The van der Waals surface area contributed by atoms with Crippen molar-refractivity contribution in [2.75, 3.05) is 18.5 Å². The van der Waals surface area contributed by atoms with Crippen LogP contribution in [0, 0.1) is 13.8 Å². The Morgan fingerprint density at radius 2 is 2.20 bits per heavy atom. The van der Waals surface area contributed by atoms with Crippen LogP contribution in [0.5, 0.6) is 0 Å². The summed E-state index contributed by atoms with van der Waals surface area (Å²) >= 11 is 0. The van der Waals surface area contributed by atoms with Crippen LogP contribution in [0.25, 0.3) is 11.0 Å². The highest BCUT2D eigenvalue weighted by Gasteiger charge is 2.18. The Morgan fingerprint density at radius 1 is 1.35 bits per heavy atom. The number of aryl methyl sites for hydroxylation is 3. The number of rotatable bonds is 4. The van der Waals surface area contributed by atoms with Gasteiger partial charge in [-0.05, 0) is 33.6 Å². The standard InChI is InChI=1S/C14H21N5O/c1-4-19-13-12(9(2)18-19)16-10(3)17-14(13)15-8-11-6-5-7-20-11/h11H,4-8H2,1-3H3,(H,15,16,17). The maximum Gasteiger partial charge on any atom is 0.156 e. The van der Waals surface area contributed by atoms with Gasteiger partial charge in [-0.3, -0.25) is 4.68 Å². The third-order valence-electron chi connectivity index (χ3n) is 3.69. The molecule has 0 radical (unpaired) electrons. The second kappa shape index (κ2) is 5.36. The van der Waals surface area contributed by atoms with E-state index in [1.807, 2.05) is 18.5 Å². The fourth-order valence-electron chi connectivity index (χ4n) is 2.71. The maximum atomic E-state index is 5.65. The van der Waals surface area contributed by atoms with E-state index < -0.39 is 0 Å². The molecule has 20 heavy (non-hydrogen) atoms. The van der Waals surface area contributed by atoms with Crippen molar-refractivity contribution in [1.82, 2.24) is 19.7 Å². The van der Waals surface area contributed by atoms with Crippen LogP contribution in [0.3, 0.4) is 0 Å². The average Bonchev–Trinajstić information content (AvgIpc) is 3.04. The largest absolute Gasteiger partial charge is 0.376 e. The molecule has 1 unspecified atom stereocenters. The minimum absolute atomic E-state index is 0.291. The first-order valence-corrected chi connectivity index (χ1v) is 7.26. The van der Waals surface area contributed by atoms with E-state index in [-0.39, 0.29) is 0 Å². The lowest BCUT2D eigenvalue weighted by atomic mass is 10.2. The van der Waals surface area contributed by atoms with Crippen molar-refractivity contribution in [3.8, 4) is 0 Å². The molecule has 1 aliphatic heterocycles. The Bertz CT molecular complexity index is 616. The summed E-state index contributed by atoms with van der Waals surface area (Å²) in [7, 11) is 0. The number of hydrogen-bond donors (Lipinski definition) is 1. The second-order valence-corrected chi connectivity index (χ2v) is 5.23. The molecule has 108 valence electrons. The third kappa shape index (κ3) is 2.35. The van der Waals surface area contributed by atoms with Crippen LogP contribution in [0.1, 0.15) is 31.3 Å². The first kappa shape index (κ1) is 13.3. The van der Waals surface area contributed by atoms with Gasteiger partial charge in [-0.25, -0.2) is 9.97 Å². The Morgan fingerprint density at radius 3 is 2.90 bits per heavy atom. The quantitative estimate of drug-likeness (QED) is 0.925. The van der Waals surface area contributed by atoms with E-state index in [4.69, 9.17) is 4.74 Å². The van der Waals surface area contributed by atoms with E-state index in [1.165, 1.54) is 0 Å². The van der Waals surface area contributed by atoms with E-state index >= 15 is 0 Å². The monoisotopic (exact) mass is 275 g/mol. The van der Waals surface area contributed by atoms with Crippen LogP contribution in [-0.2, 0) is 11.3 Å². The lowest BCUT2D eigenvalue weighted by Gasteiger charge is -2.13. The fourth-order valence-corrected chi connectivity index (χ4v) is 2.71. The predicted octanol–water partition coefficient (Wildman–Crippen LogP) is 2.05. The molecule has 2 aromatic heterocycles. The number of nitrogens with zero attached hydrogens (tertiary/aromatic N) is 4. The minimum Gasteiger partial charge on any atom is -0.376 e. The van der Waals surface area contributed by atoms with Gasteiger partial charge < -0.3 is 10.1 Å². The Labute approximate surface area is 118 Å². The van der Waals surface area contributed by atoms with Crippen LogP contribution in [0.2, 0.25) is 0 Å². The Kier molecular flexibility index (Phi) is 3.56. The smallest absolute Gasteiger partial charge is 0.156 e. The van der Waals surface area contributed by atoms with E-state index in [0.29, 0.717) is 6.10 Å². The van der Waals surface area contributed by atoms with Crippen LogP contribution in [0.15, 0.2) is 0 Å². The van der Waals surface area contributed by atoms with E-state index in [2.05, 4.69) is 27.3 Å². The zero-order valence-electron chi connectivity index (χ0n) is 12.3. The molecular formula is C14H21N5O. The van der Waals surface area contributed by atoms with Gasteiger partial charge >= 0.3 is 0 Å². The first-order chi connectivity index (χ1) is 9.69. The van der Waals surface area contributed by atoms with Gasteiger partial charge in [0.1, 0.15) is 16.9 Å². The molecule has 3 rings (SSSR count). The molecule has 1 N–H and O–H groups in total. The molecule has 0 bridgehead atoms. The van der Waals surface area contributed by atoms with Gasteiger partial charge in [0.25, 0.3) is 0 Å². The molecule has 1 fully saturated rings. The SMILES string of the molecule is CCn1nc(C)c2nc(C)nc(NCC3CCCO3)c21. The summed E-state index contributed by atoms with van der Waals surface area (Å²) in [5.74, 6) is 1.64. The molecular weight excluding hydrogens is 254 g/mol. The van der Waals surface area contributed by atoms with Crippen molar-refractivity contribution in [2.45, 2.75) is 46.3 Å². The Balaban J connectivity index is 1.95. The summed E-state index contributed by atoms with van der Waals surface area (Å²) in [5, 5.41) is 7.95. The van der Waals surface area contributed by atoms with Gasteiger partial charge in [0, 0.05) is 19.7 Å². The summed E-state index contributed by atoms with van der Waals surface area (Å²) in [6.07, 6.45) is 2.56. The molecule has 0 aromatic carbocycles. The van der Waals surface area contributed by atoms with Crippen molar-refractivity contribution in [2.24, 2.45) is 0 Å². The van der Waals surface area contributed by atoms with Crippen LogP contribution in [0.4, 0.5) is 5.82 Å².